The van der Waals surface area contributed by atoms with Crippen LogP contribution in [0.25, 0.3) is 0 Å². The van der Waals surface area contributed by atoms with Gasteiger partial charge >= 0.3 is 6.18 Å². The number of carbonyl (C=O) groups is 1. The first-order valence-electron chi connectivity index (χ1n) is 6.51. The molecule has 0 fully saturated rings. The lowest BCUT2D eigenvalue weighted by Gasteiger charge is -2.28. The Morgan fingerprint density at radius 1 is 1.22 bits per heavy atom. The highest BCUT2D eigenvalue weighted by molar-refractivity contribution is 6.31. The molecule has 1 aliphatic rings. The van der Waals surface area contributed by atoms with E-state index in [4.69, 9.17) is 11.6 Å². The van der Waals surface area contributed by atoms with Crippen molar-refractivity contribution in [1.29, 1.82) is 0 Å². The normalized spacial score (nSPS) is 14.7. The number of hydrogen-bond donors (Lipinski definition) is 0. The van der Waals surface area contributed by atoms with Crippen LogP contribution in [0.5, 0.6) is 0 Å². The highest BCUT2D eigenvalue weighted by Crippen LogP contribution is 2.29. The Labute approximate surface area is 132 Å². The van der Waals surface area contributed by atoms with E-state index >= 15 is 0 Å². The van der Waals surface area contributed by atoms with Crippen molar-refractivity contribution in [2.45, 2.75) is 19.3 Å². The van der Waals surface area contributed by atoms with Crippen LogP contribution in [0.3, 0.4) is 0 Å². The zero-order valence-corrected chi connectivity index (χ0v) is 12.2. The third kappa shape index (κ3) is 2.88. The van der Waals surface area contributed by atoms with Crippen molar-refractivity contribution in [1.82, 2.24) is 19.7 Å². The van der Waals surface area contributed by atoms with E-state index in [2.05, 4.69) is 10.2 Å². The fraction of sp³-hybridized carbons (Fsp3) is 0.308. The minimum Gasteiger partial charge on any atom is -0.329 e. The Morgan fingerprint density at radius 2 is 1.96 bits per heavy atom. The largest absolute Gasteiger partial charge is 0.451 e. The van der Waals surface area contributed by atoms with Gasteiger partial charge in [0.2, 0.25) is 5.82 Å². The number of aromatic nitrogens is 3. The van der Waals surface area contributed by atoms with Crippen molar-refractivity contribution < 1.29 is 22.4 Å². The minimum absolute atomic E-state index is 0.000591. The summed E-state index contributed by atoms with van der Waals surface area (Å²) < 4.78 is 52.9. The number of benzene rings is 1. The standard InChI is InChI=1S/C13H9ClF4N4O/c14-7-1-2-9(15)8(5-7)11(23)21-3-4-22-10(6-21)19-20-12(22)13(16,17)18/h1-2,5H,3-4,6H2. The van der Waals surface area contributed by atoms with Crippen LogP contribution >= 0.6 is 11.6 Å². The van der Waals surface area contributed by atoms with Gasteiger partial charge in [-0.3, -0.25) is 4.79 Å². The number of alkyl halides is 3. The summed E-state index contributed by atoms with van der Waals surface area (Å²) >= 11 is 5.75. The monoisotopic (exact) mass is 348 g/mol. The Kier molecular flexibility index (Phi) is 3.75. The van der Waals surface area contributed by atoms with Gasteiger partial charge < -0.3 is 9.47 Å². The molecular weight excluding hydrogens is 340 g/mol. The van der Waals surface area contributed by atoms with E-state index in [9.17, 15) is 22.4 Å². The van der Waals surface area contributed by atoms with Crippen molar-refractivity contribution in [2.24, 2.45) is 0 Å². The molecule has 0 atom stereocenters. The van der Waals surface area contributed by atoms with Crippen molar-refractivity contribution in [3.8, 4) is 0 Å². The molecule has 0 saturated heterocycles. The lowest BCUT2D eigenvalue weighted by Crippen LogP contribution is -2.39. The molecule has 0 bridgehead atoms. The van der Waals surface area contributed by atoms with Gasteiger partial charge in [-0.25, -0.2) is 4.39 Å². The van der Waals surface area contributed by atoms with Gasteiger partial charge in [0.15, 0.2) is 5.82 Å². The summed E-state index contributed by atoms with van der Waals surface area (Å²) in [6, 6.07) is 3.54. The molecule has 0 spiro atoms. The van der Waals surface area contributed by atoms with Crippen molar-refractivity contribution in [3.05, 3.63) is 46.3 Å². The predicted octanol–water partition coefficient (Wildman–Crippen LogP) is 2.75. The molecule has 10 heteroatoms. The maximum absolute atomic E-state index is 13.7. The second-order valence-corrected chi connectivity index (χ2v) is 5.38. The Morgan fingerprint density at radius 3 is 2.65 bits per heavy atom. The average Bonchev–Trinajstić information content (AvgIpc) is 2.92. The van der Waals surface area contributed by atoms with E-state index in [1.54, 1.807) is 0 Å². The summed E-state index contributed by atoms with van der Waals surface area (Å²) in [6.07, 6.45) is -4.61. The van der Waals surface area contributed by atoms with Gasteiger partial charge in [0.25, 0.3) is 5.91 Å². The van der Waals surface area contributed by atoms with E-state index < -0.39 is 23.7 Å². The molecule has 5 nitrogen and oxygen atoms in total. The fourth-order valence-corrected chi connectivity index (χ4v) is 2.54. The van der Waals surface area contributed by atoms with Crippen LogP contribution in [0.1, 0.15) is 22.0 Å². The maximum atomic E-state index is 13.7. The first kappa shape index (κ1) is 15.7. The topological polar surface area (TPSA) is 51.0 Å². The molecule has 0 saturated carbocycles. The van der Waals surface area contributed by atoms with Gasteiger partial charge in [0.05, 0.1) is 12.1 Å². The summed E-state index contributed by atoms with van der Waals surface area (Å²) in [5.74, 6) is -2.51. The molecule has 3 rings (SSSR count). The molecule has 0 N–H and O–H groups in total. The van der Waals surface area contributed by atoms with Crippen molar-refractivity contribution in [2.75, 3.05) is 6.54 Å². The van der Waals surface area contributed by atoms with Crippen LogP contribution in [-0.4, -0.2) is 32.1 Å². The zero-order valence-electron chi connectivity index (χ0n) is 11.4. The lowest BCUT2D eigenvalue weighted by atomic mass is 10.1. The van der Waals surface area contributed by atoms with Crippen molar-refractivity contribution in [3.63, 3.8) is 0 Å². The van der Waals surface area contributed by atoms with Gasteiger partial charge in [-0.1, -0.05) is 11.6 Å². The van der Waals surface area contributed by atoms with Gasteiger partial charge in [-0.2, -0.15) is 13.2 Å². The molecule has 1 aromatic heterocycles. The maximum Gasteiger partial charge on any atom is 0.451 e. The van der Waals surface area contributed by atoms with E-state index in [0.29, 0.717) is 0 Å². The average molecular weight is 349 g/mol. The van der Waals surface area contributed by atoms with Crippen LogP contribution in [0.4, 0.5) is 17.6 Å². The highest BCUT2D eigenvalue weighted by Gasteiger charge is 2.40. The van der Waals surface area contributed by atoms with E-state index in [1.165, 1.54) is 17.0 Å². The summed E-state index contributed by atoms with van der Waals surface area (Å²) in [6.45, 7) is -0.322. The van der Waals surface area contributed by atoms with E-state index in [-0.39, 0.29) is 36.0 Å². The lowest BCUT2D eigenvalue weighted by molar-refractivity contribution is -0.147. The van der Waals surface area contributed by atoms with Crippen LogP contribution in [-0.2, 0) is 19.3 Å². The van der Waals surface area contributed by atoms with Crippen LogP contribution < -0.4 is 0 Å². The second kappa shape index (κ2) is 5.48. The molecular formula is C13H9ClF4N4O. The molecule has 0 aliphatic carbocycles. The molecule has 0 radical (unpaired) electrons. The number of halogens is 5. The summed E-state index contributed by atoms with van der Waals surface area (Å²) in [4.78, 5) is 13.5. The van der Waals surface area contributed by atoms with Crippen LogP contribution in [0.2, 0.25) is 5.02 Å². The third-order valence-corrected chi connectivity index (χ3v) is 3.69. The number of fused-ring (bicyclic) bond motifs is 1. The minimum atomic E-state index is -4.61. The van der Waals surface area contributed by atoms with Gasteiger partial charge in [0.1, 0.15) is 5.82 Å². The molecule has 1 aromatic carbocycles. The SMILES string of the molecule is O=C(c1cc(Cl)ccc1F)N1CCn2c(nnc2C(F)(F)F)C1. The molecule has 1 aliphatic heterocycles. The molecule has 2 aromatic rings. The van der Waals surface area contributed by atoms with E-state index in [1.807, 2.05) is 0 Å². The smallest absolute Gasteiger partial charge is 0.329 e. The number of nitrogens with zero attached hydrogens (tertiary/aromatic N) is 4. The molecule has 2 heterocycles. The predicted molar refractivity (Wildman–Crippen MR) is 71.2 cm³/mol. The molecule has 0 unspecified atom stereocenters. The Balaban J connectivity index is 1.86. The quantitative estimate of drug-likeness (QED) is 0.745. The molecule has 122 valence electrons. The number of rotatable bonds is 1. The van der Waals surface area contributed by atoms with E-state index in [0.717, 1.165) is 10.6 Å². The first-order chi connectivity index (χ1) is 10.8. The van der Waals surface area contributed by atoms with Crippen molar-refractivity contribution >= 4 is 17.5 Å². The first-order valence-corrected chi connectivity index (χ1v) is 6.89. The third-order valence-electron chi connectivity index (χ3n) is 3.45. The Bertz CT molecular complexity index is 774. The van der Waals surface area contributed by atoms with Crippen LogP contribution in [0, 0.1) is 5.82 Å². The van der Waals surface area contributed by atoms with Gasteiger partial charge in [-0.05, 0) is 18.2 Å². The molecule has 1 amide bonds. The van der Waals surface area contributed by atoms with Gasteiger partial charge in [0, 0.05) is 18.1 Å². The zero-order chi connectivity index (χ0) is 16.8. The summed E-state index contributed by atoms with van der Waals surface area (Å²) in [5.41, 5.74) is -0.235. The second-order valence-electron chi connectivity index (χ2n) is 4.94. The summed E-state index contributed by atoms with van der Waals surface area (Å²) in [5, 5.41) is 6.78. The highest BCUT2D eigenvalue weighted by atomic mass is 35.5. The number of hydrogen-bond acceptors (Lipinski definition) is 3. The summed E-state index contributed by atoms with van der Waals surface area (Å²) in [7, 11) is 0. The number of carbonyl (C=O) groups excluding carboxylic acids is 1. The Hall–Kier alpha value is -2.16. The fourth-order valence-electron chi connectivity index (χ4n) is 2.37. The number of amides is 1. The molecule has 23 heavy (non-hydrogen) atoms. The van der Waals surface area contributed by atoms with Crippen LogP contribution in [0.15, 0.2) is 18.2 Å². The van der Waals surface area contributed by atoms with Gasteiger partial charge in [-0.15, -0.1) is 10.2 Å².